The first kappa shape index (κ1) is 20.7. The highest BCUT2D eigenvalue weighted by atomic mass is 16.5. The van der Waals surface area contributed by atoms with Crippen LogP contribution in [0.4, 0.5) is 5.69 Å². The zero-order valence-corrected chi connectivity index (χ0v) is 17.7. The second-order valence-corrected chi connectivity index (χ2v) is 7.38. The minimum atomic E-state index is -0.287. The number of rotatable bonds is 5. The molecule has 0 bridgehead atoms. The number of pyridine rings is 1. The Labute approximate surface area is 193 Å². The molecule has 2 N–H and O–H groups in total. The zero-order chi connectivity index (χ0) is 23.5. The third-order valence-electron chi connectivity index (χ3n) is 5.14. The Morgan fingerprint density at radius 2 is 1.97 bits per heavy atom. The molecule has 3 aromatic heterocycles. The molecule has 0 saturated carbocycles. The summed E-state index contributed by atoms with van der Waals surface area (Å²) in [6, 6.07) is 17.6. The first-order valence-corrected chi connectivity index (χ1v) is 10.3. The lowest BCUT2D eigenvalue weighted by Gasteiger charge is -2.05. The molecule has 9 nitrogen and oxygen atoms in total. The van der Waals surface area contributed by atoms with Crippen molar-refractivity contribution in [1.29, 1.82) is 5.26 Å². The predicted molar refractivity (Wildman–Crippen MR) is 126 cm³/mol. The van der Waals surface area contributed by atoms with Gasteiger partial charge in [0, 0.05) is 35.9 Å². The van der Waals surface area contributed by atoms with Gasteiger partial charge in [-0.25, -0.2) is 15.0 Å². The van der Waals surface area contributed by atoms with Crippen LogP contribution in [0.25, 0.3) is 34.3 Å². The average molecular weight is 447 g/mol. The van der Waals surface area contributed by atoms with Gasteiger partial charge < -0.3 is 10.5 Å². The van der Waals surface area contributed by atoms with Crippen molar-refractivity contribution >= 4 is 28.7 Å². The van der Waals surface area contributed by atoms with E-state index in [1.807, 2.05) is 18.2 Å². The monoisotopic (exact) mass is 447 g/mol. The molecule has 34 heavy (non-hydrogen) atoms. The van der Waals surface area contributed by atoms with E-state index >= 15 is 0 Å². The van der Waals surface area contributed by atoms with E-state index in [4.69, 9.17) is 5.26 Å². The molecular formula is C25H17N7O2. The Kier molecular flexibility index (Phi) is 5.30. The standard InChI is InChI=1S/C25H17N7O2/c26-14-18-1-8-21-22(13-18)32(34)25(30-21)19-4-6-20(7-5-19)29-24(33)10-3-17-2-9-23(28-15-17)31-12-11-27-16-31/h1-13,15-16,34H,(H,29,33)/b10-3+. The molecule has 0 saturated heterocycles. The molecular weight excluding hydrogens is 430 g/mol. The van der Waals surface area contributed by atoms with Gasteiger partial charge in [-0.3, -0.25) is 9.36 Å². The molecule has 164 valence electrons. The fourth-order valence-corrected chi connectivity index (χ4v) is 3.42. The molecule has 0 atom stereocenters. The predicted octanol–water partition coefficient (Wildman–Crippen LogP) is 4.04. The van der Waals surface area contributed by atoms with Crippen molar-refractivity contribution in [2.45, 2.75) is 0 Å². The smallest absolute Gasteiger partial charge is 0.248 e. The summed E-state index contributed by atoms with van der Waals surface area (Å²) in [4.78, 5) is 25.1. The Morgan fingerprint density at radius 1 is 1.12 bits per heavy atom. The highest BCUT2D eigenvalue weighted by Gasteiger charge is 2.13. The van der Waals surface area contributed by atoms with Gasteiger partial charge in [0.15, 0.2) is 5.82 Å². The lowest BCUT2D eigenvalue weighted by molar-refractivity contribution is -0.111. The zero-order valence-electron chi connectivity index (χ0n) is 17.7. The Bertz CT molecular complexity index is 1540. The molecule has 0 radical (unpaired) electrons. The summed E-state index contributed by atoms with van der Waals surface area (Å²) in [7, 11) is 0. The highest BCUT2D eigenvalue weighted by molar-refractivity contribution is 6.02. The molecule has 0 aliphatic heterocycles. The average Bonchev–Trinajstić information content (AvgIpc) is 3.52. The first-order valence-electron chi connectivity index (χ1n) is 10.3. The minimum Gasteiger partial charge on any atom is -0.426 e. The third kappa shape index (κ3) is 4.11. The van der Waals surface area contributed by atoms with Crippen LogP contribution in [0.3, 0.4) is 0 Å². The normalized spacial score (nSPS) is 11.0. The first-order chi connectivity index (χ1) is 16.6. The Hall–Kier alpha value is -5.23. The third-order valence-corrected chi connectivity index (χ3v) is 5.14. The van der Waals surface area contributed by atoms with E-state index in [1.165, 1.54) is 6.08 Å². The fraction of sp³-hybridized carbons (Fsp3) is 0. The van der Waals surface area contributed by atoms with Crippen molar-refractivity contribution in [3.05, 3.63) is 96.7 Å². The number of carbonyl (C=O) groups excluding carboxylic acids is 1. The molecule has 5 aromatic rings. The number of nitrogens with one attached hydrogen (secondary N) is 1. The quantitative estimate of drug-likeness (QED) is 0.310. The Morgan fingerprint density at radius 3 is 2.68 bits per heavy atom. The van der Waals surface area contributed by atoms with Gasteiger partial charge in [0.2, 0.25) is 5.91 Å². The summed E-state index contributed by atoms with van der Waals surface area (Å²) in [6.45, 7) is 0. The minimum absolute atomic E-state index is 0.287. The molecule has 0 unspecified atom stereocenters. The number of carbonyl (C=O) groups is 1. The molecule has 0 aliphatic rings. The van der Waals surface area contributed by atoms with Gasteiger partial charge in [0.05, 0.1) is 17.1 Å². The van der Waals surface area contributed by atoms with Crippen LogP contribution in [0.5, 0.6) is 0 Å². The van der Waals surface area contributed by atoms with Gasteiger partial charge >= 0.3 is 0 Å². The summed E-state index contributed by atoms with van der Waals surface area (Å²) in [5, 5.41) is 22.3. The van der Waals surface area contributed by atoms with Crippen molar-refractivity contribution < 1.29 is 10.0 Å². The molecule has 0 fully saturated rings. The van der Waals surface area contributed by atoms with Crippen molar-refractivity contribution in [1.82, 2.24) is 24.2 Å². The van der Waals surface area contributed by atoms with Crippen LogP contribution in [0.2, 0.25) is 0 Å². The molecule has 3 heterocycles. The maximum atomic E-state index is 12.3. The van der Waals surface area contributed by atoms with Gasteiger partial charge in [-0.1, -0.05) is 0 Å². The molecule has 2 aromatic carbocycles. The number of anilines is 1. The second kappa shape index (κ2) is 8.72. The summed E-state index contributed by atoms with van der Waals surface area (Å²) in [6.07, 6.45) is 9.93. The van der Waals surface area contributed by atoms with E-state index in [9.17, 15) is 10.0 Å². The number of amides is 1. The van der Waals surface area contributed by atoms with Crippen LogP contribution in [0.1, 0.15) is 11.1 Å². The lowest BCUT2D eigenvalue weighted by atomic mass is 10.2. The van der Waals surface area contributed by atoms with Crippen LogP contribution in [0, 0.1) is 11.3 Å². The maximum absolute atomic E-state index is 12.3. The number of nitrogens with zero attached hydrogens (tertiary/aromatic N) is 6. The van der Waals surface area contributed by atoms with Crippen LogP contribution in [-0.4, -0.2) is 35.4 Å². The van der Waals surface area contributed by atoms with Crippen molar-refractivity contribution in [3.8, 4) is 23.3 Å². The largest absolute Gasteiger partial charge is 0.426 e. The molecule has 5 rings (SSSR count). The maximum Gasteiger partial charge on any atom is 0.248 e. The van der Waals surface area contributed by atoms with E-state index in [0.29, 0.717) is 33.7 Å². The number of hydrogen-bond donors (Lipinski definition) is 2. The second-order valence-electron chi connectivity index (χ2n) is 7.38. The van der Waals surface area contributed by atoms with Gasteiger partial charge in [-0.2, -0.15) is 9.99 Å². The van der Waals surface area contributed by atoms with Crippen molar-refractivity contribution in [2.24, 2.45) is 0 Å². The number of aromatic nitrogens is 5. The number of hydrogen-bond acceptors (Lipinski definition) is 6. The van der Waals surface area contributed by atoms with Crippen molar-refractivity contribution in [2.75, 3.05) is 5.32 Å². The number of nitriles is 1. The fourth-order valence-electron chi connectivity index (χ4n) is 3.42. The summed E-state index contributed by atoms with van der Waals surface area (Å²) < 4.78 is 2.75. The van der Waals surface area contributed by atoms with Crippen LogP contribution < -0.4 is 5.32 Å². The molecule has 0 spiro atoms. The topological polar surface area (TPSA) is 122 Å². The number of imidazole rings is 2. The van der Waals surface area contributed by atoms with Gasteiger partial charge in [-0.15, -0.1) is 0 Å². The van der Waals surface area contributed by atoms with Crippen LogP contribution in [0.15, 0.2) is 85.6 Å². The van der Waals surface area contributed by atoms with E-state index in [-0.39, 0.29) is 5.91 Å². The van der Waals surface area contributed by atoms with Gasteiger partial charge in [0.25, 0.3) is 0 Å². The molecule has 9 heteroatoms. The van der Waals surface area contributed by atoms with Gasteiger partial charge in [0.1, 0.15) is 17.7 Å². The lowest BCUT2D eigenvalue weighted by Crippen LogP contribution is -2.07. The summed E-state index contributed by atoms with van der Waals surface area (Å²) >= 11 is 0. The van der Waals surface area contributed by atoms with E-state index in [2.05, 4.69) is 20.3 Å². The van der Waals surface area contributed by atoms with Crippen molar-refractivity contribution in [3.63, 3.8) is 0 Å². The summed E-state index contributed by atoms with van der Waals surface area (Å²) in [5.41, 5.74) is 3.51. The highest BCUT2D eigenvalue weighted by Crippen LogP contribution is 2.25. The molecule has 0 aliphatic carbocycles. The van der Waals surface area contributed by atoms with E-state index in [0.717, 1.165) is 16.1 Å². The van der Waals surface area contributed by atoms with Crippen LogP contribution in [-0.2, 0) is 4.79 Å². The Balaban J connectivity index is 1.26. The SMILES string of the molecule is N#Cc1ccc2nc(-c3ccc(NC(=O)/C=C/c4ccc(-n5ccnc5)nc4)cc3)n(O)c2c1. The molecule has 1 amide bonds. The van der Waals surface area contributed by atoms with Gasteiger partial charge in [-0.05, 0) is 66.2 Å². The van der Waals surface area contributed by atoms with E-state index < -0.39 is 0 Å². The van der Waals surface area contributed by atoms with Crippen LogP contribution >= 0.6 is 0 Å². The number of benzene rings is 2. The van der Waals surface area contributed by atoms with E-state index in [1.54, 1.807) is 78.0 Å². The number of fused-ring (bicyclic) bond motifs is 1. The summed E-state index contributed by atoms with van der Waals surface area (Å²) in [5.74, 6) is 0.792.